The normalized spacial score (nSPS) is 29.0. The molecule has 18 heavy (non-hydrogen) atoms. The minimum absolute atomic E-state index is 0.298. The molecule has 0 radical (unpaired) electrons. The van der Waals surface area contributed by atoms with Gasteiger partial charge in [-0.05, 0) is 68.7 Å². The van der Waals surface area contributed by atoms with E-state index in [0.29, 0.717) is 5.54 Å². The highest BCUT2D eigenvalue weighted by Crippen LogP contribution is 2.50. The zero-order valence-electron chi connectivity index (χ0n) is 11.8. The van der Waals surface area contributed by atoms with Crippen molar-refractivity contribution in [1.29, 1.82) is 0 Å². The van der Waals surface area contributed by atoms with Crippen molar-refractivity contribution in [3.8, 4) is 0 Å². The summed E-state index contributed by atoms with van der Waals surface area (Å²) in [5.41, 5.74) is 4.84. The molecule has 1 aromatic carbocycles. The van der Waals surface area contributed by atoms with Crippen LogP contribution in [0.15, 0.2) is 18.2 Å². The van der Waals surface area contributed by atoms with Gasteiger partial charge in [-0.15, -0.1) is 0 Å². The van der Waals surface area contributed by atoms with Crippen LogP contribution in [0.1, 0.15) is 55.2 Å². The van der Waals surface area contributed by atoms with Gasteiger partial charge in [0.2, 0.25) is 0 Å². The fourth-order valence-corrected chi connectivity index (χ4v) is 3.71. The van der Waals surface area contributed by atoms with Crippen molar-refractivity contribution >= 4 is 0 Å². The van der Waals surface area contributed by atoms with E-state index in [1.54, 1.807) is 5.56 Å². The molecule has 1 atom stereocenters. The Morgan fingerprint density at radius 1 is 1.11 bits per heavy atom. The number of hydrogen-bond donors (Lipinski definition) is 1. The van der Waals surface area contributed by atoms with Gasteiger partial charge in [-0.25, -0.2) is 0 Å². The Labute approximate surface area is 111 Å². The summed E-state index contributed by atoms with van der Waals surface area (Å²) >= 11 is 0. The number of nitrogens with one attached hydrogen (secondary N) is 1. The summed E-state index contributed by atoms with van der Waals surface area (Å²) in [7, 11) is 0. The Morgan fingerprint density at radius 3 is 2.72 bits per heavy atom. The summed E-state index contributed by atoms with van der Waals surface area (Å²) in [5.74, 6) is 0.885. The second kappa shape index (κ2) is 4.70. The maximum Gasteiger partial charge on any atom is 0.0465 e. The minimum atomic E-state index is 0.298. The molecule has 98 valence electrons. The van der Waals surface area contributed by atoms with Crippen LogP contribution in [0.2, 0.25) is 0 Å². The molecule has 1 unspecified atom stereocenters. The van der Waals surface area contributed by atoms with Crippen molar-refractivity contribution < 1.29 is 0 Å². The van der Waals surface area contributed by atoms with Crippen LogP contribution in [0.3, 0.4) is 0 Å². The van der Waals surface area contributed by atoms with Gasteiger partial charge in [0, 0.05) is 5.54 Å². The molecule has 1 nitrogen and oxygen atoms in total. The maximum absolute atomic E-state index is 3.94. The zero-order chi connectivity index (χ0) is 12.6. The van der Waals surface area contributed by atoms with E-state index in [2.05, 4.69) is 37.4 Å². The number of rotatable bonds is 2. The molecule has 0 aromatic heterocycles. The van der Waals surface area contributed by atoms with E-state index in [1.807, 2.05) is 0 Å². The number of hydrogen-bond acceptors (Lipinski definition) is 1. The van der Waals surface area contributed by atoms with Crippen LogP contribution in [-0.4, -0.2) is 6.54 Å². The quantitative estimate of drug-likeness (QED) is 0.825. The fourth-order valence-electron chi connectivity index (χ4n) is 3.71. The first-order chi connectivity index (χ1) is 8.74. The third kappa shape index (κ3) is 1.99. The van der Waals surface area contributed by atoms with Crippen LogP contribution < -0.4 is 5.32 Å². The average molecular weight is 243 g/mol. The molecular weight excluding hydrogens is 218 g/mol. The van der Waals surface area contributed by atoms with Gasteiger partial charge in [0.05, 0.1) is 0 Å². The lowest BCUT2D eigenvalue weighted by molar-refractivity contribution is 0.277. The molecule has 1 saturated carbocycles. The molecule has 1 aromatic rings. The summed E-state index contributed by atoms with van der Waals surface area (Å²) in [6.45, 7) is 5.75. The van der Waals surface area contributed by atoms with Crippen LogP contribution in [0.5, 0.6) is 0 Å². The zero-order valence-corrected chi connectivity index (χ0v) is 11.8. The summed E-state index contributed by atoms with van der Waals surface area (Å²) in [5, 5.41) is 3.94. The van der Waals surface area contributed by atoms with Gasteiger partial charge in [0.25, 0.3) is 0 Å². The molecule has 0 bridgehead atoms. The van der Waals surface area contributed by atoms with Crippen molar-refractivity contribution in [2.45, 2.75) is 57.9 Å². The first-order valence-corrected chi connectivity index (χ1v) is 7.56. The van der Waals surface area contributed by atoms with Crippen molar-refractivity contribution in [1.82, 2.24) is 5.32 Å². The molecule has 1 aliphatic carbocycles. The van der Waals surface area contributed by atoms with Crippen LogP contribution >= 0.6 is 0 Å². The smallest absolute Gasteiger partial charge is 0.0465 e. The van der Waals surface area contributed by atoms with Gasteiger partial charge < -0.3 is 5.32 Å². The lowest BCUT2D eigenvalue weighted by Gasteiger charge is -2.36. The lowest BCUT2D eigenvalue weighted by atomic mass is 9.78. The first-order valence-electron chi connectivity index (χ1n) is 7.56. The van der Waals surface area contributed by atoms with Gasteiger partial charge in [0.15, 0.2) is 0 Å². The predicted octanol–water partition coefficient (Wildman–Crippen LogP) is 4.07. The van der Waals surface area contributed by atoms with Crippen molar-refractivity contribution in [3.63, 3.8) is 0 Å². The fraction of sp³-hybridized carbons (Fsp3) is 0.647. The highest BCUT2D eigenvalue weighted by atomic mass is 15.0. The molecule has 0 amide bonds. The summed E-state index contributed by atoms with van der Waals surface area (Å²) in [6.07, 6.45) is 8.30. The SMILES string of the molecule is Cc1cccc(C2(C3CC3)CCCCCN2)c1C. The first kappa shape index (κ1) is 12.2. The summed E-state index contributed by atoms with van der Waals surface area (Å²) < 4.78 is 0. The third-order valence-electron chi connectivity index (χ3n) is 5.05. The highest BCUT2D eigenvalue weighted by molar-refractivity contribution is 5.39. The second-order valence-electron chi connectivity index (χ2n) is 6.23. The van der Waals surface area contributed by atoms with E-state index >= 15 is 0 Å². The Morgan fingerprint density at radius 2 is 1.94 bits per heavy atom. The van der Waals surface area contributed by atoms with Gasteiger partial charge in [-0.1, -0.05) is 31.0 Å². The Hall–Kier alpha value is -0.820. The molecule has 0 spiro atoms. The monoisotopic (exact) mass is 243 g/mol. The number of aryl methyl sites for hydroxylation is 1. The summed E-state index contributed by atoms with van der Waals surface area (Å²) in [6, 6.07) is 6.86. The molecule has 2 fully saturated rings. The molecule has 1 aliphatic heterocycles. The largest absolute Gasteiger partial charge is 0.307 e. The van der Waals surface area contributed by atoms with E-state index in [-0.39, 0.29) is 0 Å². The highest BCUT2D eigenvalue weighted by Gasteiger charge is 2.46. The molecule has 1 N–H and O–H groups in total. The lowest BCUT2D eigenvalue weighted by Crippen LogP contribution is -2.44. The third-order valence-corrected chi connectivity index (χ3v) is 5.05. The van der Waals surface area contributed by atoms with E-state index < -0.39 is 0 Å². The molecule has 3 rings (SSSR count). The van der Waals surface area contributed by atoms with Gasteiger partial charge in [-0.3, -0.25) is 0 Å². The van der Waals surface area contributed by atoms with Crippen LogP contribution in [0, 0.1) is 19.8 Å². The van der Waals surface area contributed by atoms with Gasteiger partial charge in [0.1, 0.15) is 0 Å². The Balaban J connectivity index is 2.05. The van der Waals surface area contributed by atoms with E-state index in [4.69, 9.17) is 0 Å². The van der Waals surface area contributed by atoms with Crippen LogP contribution in [-0.2, 0) is 5.54 Å². The van der Waals surface area contributed by atoms with Gasteiger partial charge >= 0.3 is 0 Å². The molecule has 1 heterocycles. The van der Waals surface area contributed by atoms with Crippen molar-refractivity contribution in [2.24, 2.45) is 5.92 Å². The molecule has 1 heteroatoms. The van der Waals surface area contributed by atoms with E-state index in [0.717, 1.165) is 5.92 Å². The van der Waals surface area contributed by atoms with E-state index in [9.17, 15) is 0 Å². The Bertz CT molecular complexity index is 423. The van der Waals surface area contributed by atoms with Crippen LogP contribution in [0.25, 0.3) is 0 Å². The minimum Gasteiger partial charge on any atom is -0.307 e. The summed E-state index contributed by atoms with van der Waals surface area (Å²) in [4.78, 5) is 0. The van der Waals surface area contributed by atoms with Crippen molar-refractivity contribution in [3.05, 3.63) is 34.9 Å². The van der Waals surface area contributed by atoms with Gasteiger partial charge in [-0.2, -0.15) is 0 Å². The molecular formula is C17H25N. The predicted molar refractivity (Wildman–Crippen MR) is 76.8 cm³/mol. The molecule has 1 saturated heterocycles. The molecule has 2 aliphatic rings. The van der Waals surface area contributed by atoms with E-state index in [1.165, 1.54) is 56.2 Å². The second-order valence-corrected chi connectivity index (χ2v) is 6.23. The standard InChI is InChI=1S/C17H25N/c1-13-7-6-8-16(14(13)2)17(15-9-10-15)11-4-3-5-12-18-17/h6-8,15,18H,3-5,9-12H2,1-2H3. The maximum atomic E-state index is 3.94. The van der Waals surface area contributed by atoms with Crippen molar-refractivity contribution in [2.75, 3.05) is 6.54 Å². The topological polar surface area (TPSA) is 12.0 Å². The Kier molecular flexibility index (Phi) is 3.19. The number of benzene rings is 1. The average Bonchev–Trinajstić information content (AvgIpc) is 3.17. The van der Waals surface area contributed by atoms with Crippen LogP contribution in [0.4, 0.5) is 0 Å².